The lowest BCUT2D eigenvalue weighted by atomic mass is 10.1. The quantitative estimate of drug-likeness (QED) is 0.749. The Morgan fingerprint density at radius 3 is 2.81 bits per heavy atom. The molecule has 0 unspecified atom stereocenters. The van der Waals surface area contributed by atoms with Crippen LogP contribution in [0.5, 0.6) is 0 Å². The molecule has 0 aliphatic rings. The van der Waals surface area contributed by atoms with Crippen molar-refractivity contribution in [3.63, 3.8) is 0 Å². The molecule has 0 atom stereocenters. The van der Waals surface area contributed by atoms with Crippen LogP contribution in [0, 0.1) is 11.3 Å². The third-order valence-electron chi connectivity index (χ3n) is 2.24. The van der Waals surface area contributed by atoms with Crippen molar-refractivity contribution in [1.82, 2.24) is 9.78 Å². The number of hydrogen-bond acceptors (Lipinski definition) is 3. The smallest absolute Gasteiger partial charge is 0.267 e. The van der Waals surface area contributed by atoms with Crippen molar-refractivity contribution in [2.75, 3.05) is 0 Å². The van der Waals surface area contributed by atoms with Gasteiger partial charge in [0.05, 0.1) is 18.2 Å². The van der Waals surface area contributed by atoms with E-state index in [1.807, 2.05) is 12.1 Å². The average molecular weight is 211 g/mol. The van der Waals surface area contributed by atoms with E-state index in [2.05, 4.69) is 11.2 Å². The van der Waals surface area contributed by atoms with Crippen molar-refractivity contribution in [2.45, 2.75) is 6.54 Å². The molecule has 1 aromatic carbocycles. The van der Waals surface area contributed by atoms with Crippen molar-refractivity contribution in [3.05, 3.63) is 64.1 Å². The first-order chi connectivity index (χ1) is 7.81. The van der Waals surface area contributed by atoms with E-state index in [4.69, 9.17) is 5.26 Å². The largest absolute Gasteiger partial charge is 0.268 e. The Balaban J connectivity index is 2.39. The summed E-state index contributed by atoms with van der Waals surface area (Å²) >= 11 is 0. The van der Waals surface area contributed by atoms with Gasteiger partial charge in [-0.1, -0.05) is 18.2 Å². The first-order valence-electron chi connectivity index (χ1n) is 4.81. The predicted molar refractivity (Wildman–Crippen MR) is 58.8 cm³/mol. The molecule has 0 amide bonds. The highest BCUT2D eigenvalue weighted by molar-refractivity contribution is 5.37. The Bertz CT molecular complexity index is 595. The molecule has 4 nitrogen and oxygen atoms in total. The second kappa shape index (κ2) is 4.41. The van der Waals surface area contributed by atoms with Crippen LogP contribution in [-0.2, 0) is 6.54 Å². The van der Waals surface area contributed by atoms with Crippen LogP contribution >= 0.6 is 0 Å². The van der Waals surface area contributed by atoms with Gasteiger partial charge in [-0.3, -0.25) is 4.79 Å². The third-order valence-corrected chi connectivity index (χ3v) is 2.24. The van der Waals surface area contributed by atoms with E-state index >= 15 is 0 Å². The van der Waals surface area contributed by atoms with Gasteiger partial charge in [0.2, 0.25) is 0 Å². The molecule has 4 heteroatoms. The molecule has 0 aliphatic carbocycles. The van der Waals surface area contributed by atoms with Crippen LogP contribution in [0.15, 0.2) is 47.4 Å². The Morgan fingerprint density at radius 1 is 1.25 bits per heavy atom. The summed E-state index contributed by atoms with van der Waals surface area (Å²) in [6, 6.07) is 12.3. The van der Waals surface area contributed by atoms with E-state index in [1.54, 1.807) is 24.4 Å². The molecule has 0 radical (unpaired) electrons. The van der Waals surface area contributed by atoms with E-state index in [1.165, 1.54) is 10.7 Å². The van der Waals surface area contributed by atoms with E-state index in [-0.39, 0.29) is 5.56 Å². The summed E-state index contributed by atoms with van der Waals surface area (Å²) in [5, 5.41) is 12.9. The number of benzene rings is 1. The van der Waals surface area contributed by atoms with E-state index in [0.29, 0.717) is 12.1 Å². The molecule has 78 valence electrons. The van der Waals surface area contributed by atoms with Gasteiger partial charge in [-0.2, -0.15) is 10.4 Å². The number of nitriles is 1. The maximum Gasteiger partial charge on any atom is 0.267 e. The summed E-state index contributed by atoms with van der Waals surface area (Å²) in [7, 11) is 0. The standard InChI is InChI=1S/C12H9N3O/c13-8-10-4-1-2-5-11(10)9-15-12(16)6-3-7-14-15/h1-7H,9H2. The zero-order valence-corrected chi connectivity index (χ0v) is 8.50. The van der Waals surface area contributed by atoms with E-state index < -0.39 is 0 Å². The SMILES string of the molecule is N#Cc1ccccc1Cn1ncccc1=O. The molecule has 16 heavy (non-hydrogen) atoms. The molecule has 2 rings (SSSR count). The van der Waals surface area contributed by atoms with Gasteiger partial charge in [0.1, 0.15) is 0 Å². The Kier molecular flexibility index (Phi) is 2.79. The van der Waals surface area contributed by atoms with Crippen molar-refractivity contribution >= 4 is 0 Å². The highest BCUT2D eigenvalue weighted by Gasteiger charge is 2.02. The molecule has 0 bridgehead atoms. The molecule has 0 N–H and O–H groups in total. The summed E-state index contributed by atoms with van der Waals surface area (Å²) < 4.78 is 1.33. The molecule has 0 saturated carbocycles. The molecule has 1 aromatic heterocycles. The van der Waals surface area contributed by atoms with Gasteiger partial charge in [0.15, 0.2) is 0 Å². The lowest BCUT2D eigenvalue weighted by Crippen LogP contribution is -2.22. The molecular formula is C12H9N3O. The number of hydrogen-bond donors (Lipinski definition) is 0. The minimum Gasteiger partial charge on any atom is -0.268 e. The Morgan fingerprint density at radius 2 is 2.06 bits per heavy atom. The summed E-state index contributed by atoms with van der Waals surface area (Å²) in [6.07, 6.45) is 1.55. The van der Waals surface area contributed by atoms with Crippen molar-refractivity contribution in [1.29, 1.82) is 5.26 Å². The monoisotopic (exact) mass is 211 g/mol. The fraction of sp³-hybridized carbons (Fsp3) is 0.0833. The van der Waals surface area contributed by atoms with Crippen molar-refractivity contribution in [3.8, 4) is 6.07 Å². The first-order valence-corrected chi connectivity index (χ1v) is 4.81. The van der Waals surface area contributed by atoms with Crippen LogP contribution in [0.1, 0.15) is 11.1 Å². The van der Waals surface area contributed by atoms with Gasteiger partial charge in [-0.25, -0.2) is 4.68 Å². The molecular weight excluding hydrogens is 202 g/mol. The minimum absolute atomic E-state index is 0.171. The maximum atomic E-state index is 11.4. The zero-order valence-electron chi connectivity index (χ0n) is 8.50. The van der Waals surface area contributed by atoms with Gasteiger partial charge in [0, 0.05) is 12.3 Å². The van der Waals surface area contributed by atoms with E-state index in [0.717, 1.165) is 5.56 Å². The minimum atomic E-state index is -0.171. The molecule has 0 spiro atoms. The first kappa shape index (κ1) is 10.1. The maximum absolute atomic E-state index is 11.4. The summed E-state index contributed by atoms with van der Waals surface area (Å²) in [5.74, 6) is 0. The zero-order chi connectivity index (χ0) is 11.4. The Hall–Kier alpha value is -2.41. The lowest BCUT2D eigenvalue weighted by Gasteiger charge is -2.04. The number of rotatable bonds is 2. The predicted octanol–water partition coefficient (Wildman–Crippen LogP) is 1.16. The molecule has 2 aromatic rings. The molecule has 0 fully saturated rings. The Labute approximate surface area is 92.4 Å². The van der Waals surface area contributed by atoms with Crippen LogP contribution in [0.3, 0.4) is 0 Å². The van der Waals surface area contributed by atoms with Crippen LogP contribution < -0.4 is 5.56 Å². The summed E-state index contributed by atoms with van der Waals surface area (Å²) in [4.78, 5) is 11.4. The highest BCUT2D eigenvalue weighted by Crippen LogP contribution is 2.07. The van der Waals surface area contributed by atoms with Crippen LogP contribution in [-0.4, -0.2) is 9.78 Å². The summed E-state index contributed by atoms with van der Waals surface area (Å²) in [6.45, 7) is 0.323. The van der Waals surface area contributed by atoms with Crippen LogP contribution in [0.2, 0.25) is 0 Å². The van der Waals surface area contributed by atoms with Gasteiger partial charge in [-0.15, -0.1) is 0 Å². The van der Waals surface area contributed by atoms with Gasteiger partial charge >= 0.3 is 0 Å². The number of aromatic nitrogens is 2. The van der Waals surface area contributed by atoms with Crippen molar-refractivity contribution in [2.24, 2.45) is 0 Å². The van der Waals surface area contributed by atoms with Gasteiger partial charge < -0.3 is 0 Å². The van der Waals surface area contributed by atoms with Crippen LogP contribution in [0.4, 0.5) is 0 Å². The number of nitrogens with zero attached hydrogens (tertiary/aromatic N) is 3. The summed E-state index contributed by atoms with van der Waals surface area (Å²) in [5.41, 5.74) is 1.20. The second-order valence-corrected chi connectivity index (χ2v) is 3.29. The topological polar surface area (TPSA) is 58.7 Å². The van der Waals surface area contributed by atoms with Crippen molar-refractivity contribution < 1.29 is 0 Å². The fourth-order valence-corrected chi connectivity index (χ4v) is 1.43. The lowest BCUT2D eigenvalue weighted by molar-refractivity contribution is 0.638. The van der Waals surface area contributed by atoms with Gasteiger partial charge in [-0.05, 0) is 17.7 Å². The molecule has 0 aliphatic heterocycles. The average Bonchev–Trinajstić information content (AvgIpc) is 2.33. The molecule has 0 saturated heterocycles. The molecule has 1 heterocycles. The normalized spacial score (nSPS) is 9.69. The van der Waals surface area contributed by atoms with E-state index in [9.17, 15) is 4.79 Å². The second-order valence-electron chi connectivity index (χ2n) is 3.29. The highest BCUT2D eigenvalue weighted by atomic mass is 16.1. The third kappa shape index (κ3) is 1.98. The fourth-order valence-electron chi connectivity index (χ4n) is 1.43. The van der Waals surface area contributed by atoms with Crippen LogP contribution in [0.25, 0.3) is 0 Å². The van der Waals surface area contributed by atoms with Gasteiger partial charge in [0.25, 0.3) is 5.56 Å².